The lowest BCUT2D eigenvalue weighted by Crippen LogP contribution is -2.23. The van der Waals surface area contributed by atoms with Gasteiger partial charge in [-0.2, -0.15) is 0 Å². The minimum Gasteiger partial charge on any atom is -0.300 e. The number of rotatable bonds is 3. The molecule has 5 nitrogen and oxygen atoms in total. The molecule has 2 heterocycles. The number of halogens is 1. The highest BCUT2D eigenvalue weighted by molar-refractivity contribution is 7.89. The lowest BCUT2D eigenvalue weighted by molar-refractivity contribution is 0.517. The quantitative estimate of drug-likeness (QED) is 0.864. The molecule has 0 unspecified atom stereocenters. The first-order chi connectivity index (χ1) is 8.76. The van der Waals surface area contributed by atoms with Gasteiger partial charge in [0.05, 0.1) is 0 Å². The molecule has 0 atom stereocenters. The second kappa shape index (κ2) is 4.57. The standard InChI is InChI=1S/C12H16FN3O2S/c1-8(2)11-14-12(19(17,18)15(3)4)10-9(13)6-5-7-16(10)11/h5-8H,1-4H3. The lowest BCUT2D eigenvalue weighted by Gasteiger charge is -2.09. The van der Waals surface area contributed by atoms with Crippen molar-refractivity contribution in [2.24, 2.45) is 0 Å². The molecule has 0 saturated carbocycles. The molecule has 0 aromatic carbocycles. The molecule has 0 aliphatic heterocycles. The minimum atomic E-state index is -3.78. The molecule has 0 aliphatic carbocycles. The van der Waals surface area contributed by atoms with Crippen LogP contribution >= 0.6 is 0 Å². The van der Waals surface area contributed by atoms with E-state index in [1.54, 1.807) is 6.20 Å². The Morgan fingerprint density at radius 3 is 2.53 bits per heavy atom. The topological polar surface area (TPSA) is 54.7 Å². The molecular formula is C12H16FN3O2S. The number of fused-ring (bicyclic) bond motifs is 1. The van der Waals surface area contributed by atoms with E-state index >= 15 is 0 Å². The van der Waals surface area contributed by atoms with Crippen LogP contribution < -0.4 is 0 Å². The van der Waals surface area contributed by atoms with Crippen LogP contribution in [0.5, 0.6) is 0 Å². The van der Waals surface area contributed by atoms with Gasteiger partial charge in [-0.25, -0.2) is 22.1 Å². The smallest absolute Gasteiger partial charge is 0.262 e. The Hall–Kier alpha value is -1.47. The van der Waals surface area contributed by atoms with Crippen molar-refractivity contribution in [1.82, 2.24) is 13.7 Å². The normalized spacial score (nSPS) is 12.8. The van der Waals surface area contributed by atoms with Gasteiger partial charge < -0.3 is 0 Å². The van der Waals surface area contributed by atoms with E-state index in [1.807, 2.05) is 13.8 Å². The van der Waals surface area contributed by atoms with Crippen LogP contribution in [0.3, 0.4) is 0 Å². The third-order valence-electron chi connectivity index (χ3n) is 2.85. The van der Waals surface area contributed by atoms with E-state index in [9.17, 15) is 12.8 Å². The van der Waals surface area contributed by atoms with Gasteiger partial charge in [0.15, 0.2) is 5.03 Å². The second-order valence-electron chi connectivity index (χ2n) is 4.79. The van der Waals surface area contributed by atoms with Crippen LogP contribution in [-0.2, 0) is 10.0 Å². The number of imidazole rings is 1. The molecule has 0 amide bonds. The van der Waals surface area contributed by atoms with E-state index in [0.717, 1.165) is 4.31 Å². The summed E-state index contributed by atoms with van der Waals surface area (Å²) < 4.78 is 40.9. The Labute approximate surface area is 111 Å². The van der Waals surface area contributed by atoms with E-state index in [2.05, 4.69) is 4.98 Å². The number of aromatic nitrogens is 2. The van der Waals surface area contributed by atoms with Gasteiger partial charge in [-0.15, -0.1) is 0 Å². The van der Waals surface area contributed by atoms with Gasteiger partial charge in [0.25, 0.3) is 10.0 Å². The number of pyridine rings is 1. The zero-order chi connectivity index (χ0) is 14.4. The largest absolute Gasteiger partial charge is 0.300 e. The molecule has 0 bridgehead atoms. The highest BCUT2D eigenvalue weighted by Crippen LogP contribution is 2.26. The van der Waals surface area contributed by atoms with Gasteiger partial charge in [-0.1, -0.05) is 13.8 Å². The Balaban J connectivity index is 2.91. The van der Waals surface area contributed by atoms with Crippen LogP contribution in [0.4, 0.5) is 4.39 Å². The summed E-state index contributed by atoms with van der Waals surface area (Å²) in [6.45, 7) is 3.76. The molecule has 2 aromatic heterocycles. The van der Waals surface area contributed by atoms with Crippen molar-refractivity contribution in [2.75, 3.05) is 14.1 Å². The number of hydrogen-bond donors (Lipinski definition) is 0. The molecule has 104 valence electrons. The zero-order valence-electron chi connectivity index (χ0n) is 11.3. The van der Waals surface area contributed by atoms with Crippen LogP contribution in [0.1, 0.15) is 25.6 Å². The Bertz CT molecular complexity index is 720. The number of hydrogen-bond acceptors (Lipinski definition) is 3. The van der Waals surface area contributed by atoms with Crippen molar-refractivity contribution in [2.45, 2.75) is 24.8 Å². The fourth-order valence-corrected chi connectivity index (χ4v) is 2.84. The zero-order valence-corrected chi connectivity index (χ0v) is 12.1. The molecule has 0 N–H and O–H groups in total. The van der Waals surface area contributed by atoms with E-state index < -0.39 is 15.8 Å². The first-order valence-corrected chi connectivity index (χ1v) is 7.29. The molecule has 2 aromatic rings. The molecule has 0 aliphatic rings. The molecule has 0 spiro atoms. The lowest BCUT2D eigenvalue weighted by atomic mass is 10.2. The van der Waals surface area contributed by atoms with Crippen molar-refractivity contribution in [3.8, 4) is 0 Å². The van der Waals surface area contributed by atoms with Crippen LogP contribution in [0, 0.1) is 5.82 Å². The second-order valence-corrected chi connectivity index (χ2v) is 6.86. The van der Waals surface area contributed by atoms with Crippen molar-refractivity contribution >= 4 is 15.5 Å². The number of sulfonamides is 1. The average Bonchev–Trinajstić information content (AvgIpc) is 2.70. The summed E-state index contributed by atoms with van der Waals surface area (Å²) in [5, 5.41) is -0.237. The summed E-state index contributed by atoms with van der Waals surface area (Å²) in [5.41, 5.74) is -0.0000926. The van der Waals surface area contributed by atoms with Crippen LogP contribution in [-0.4, -0.2) is 36.2 Å². The fraction of sp³-hybridized carbons (Fsp3) is 0.417. The van der Waals surface area contributed by atoms with Crippen LogP contribution in [0.25, 0.3) is 5.52 Å². The molecule has 7 heteroatoms. The van der Waals surface area contributed by atoms with Gasteiger partial charge in [-0.3, -0.25) is 4.40 Å². The van der Waals surface area contributed by atoms with Crippen molar-refractivity contribution in [1.29, 1.82) is 0 Å². The third-order valence-corrected chi connectivity index (χ3v) is 4.59. The predicted molar refractivity (Wildman–Crippen MR) is 70.1 cm³/mol. The van der Waals surface area contributed by atoms with Gasteiger partial charge >= 0.3 is 0 Å². The highest BCUT2D eigenvalue weighted by atomic mass is 32.2. The summed E-state index contributed by atoms with van der Waals surface area (Å²) in [6, 6.07) is 2.76. The van der Waals surface area contributed by atoms with Crippen LogP contribution in [0.2, 0.25) is 0 Å². The fourth-order valence-electron chi connectivity index (χ4n) is 1.85. The monoisotopic (exact) mass is 285 g/mol. The Morgan fingerprint density at radius 2 is 2.00 bits per heavy atom. The van der Waals surface area contributed by atoms with Gasteiger partial charge in [-0.05, 0) is 12.1 Å². The maximum atomic E-state index is 14.0. The Kier molecular flexibility index (Phi) is 3.36. The van der Waals surface area contributed by atoms with E-state index in [0.29, 0.717) is 5.82 Å². The van der Waals surface area contributed by atoms with E-state index in [-0.39, 0.29) is 16.5 Å². The highest BCUT2D eigenvalue weighted by Gasteiger charge is 2.28. The molecule has 0 saturated heterocycles. The van der Waals surface area contributed by atoms with Gasteiger partial charge in [0.1, 0.15) is 17.2 Å². The molecule has 19 heavy (non-hydrogen) atoms. The molecular weight excluding hydrogens is 269 g/mol. The summed E-state index contributed by atoms with van der Waals surface area (Å²) in [4.78, 5) is 4.14. The summed E-state index contributed by atoms with van der Waals surface area (Å²) in [5.74, 6) is -0.0855. The SMILES string of the molecule is CC(C)c1nc(S(=O)(=O)N(C)C)c2c(F)cccn12. The maximum Gasteiger partial charge on any atom is 0.262 e. The van der Waals surface area contributed by atoms with E-state index in [1.165, 1.54) is 30.6 Å². The predicted octanol–water partition coefficient (Wildman–Crippen LogP) is 1.85. The summed E-state index contributed by atoms with van der Waals surface area (Å²) in [6.07, 6.45) is 1.62. The van der Waals surface area contributed by atoms with Gasteiger partial charge in [0, 0.05) is 26.2 Å². The van der Waals surface area contributed by atoms with Crippen LogP contribution in [0.15, 0.2) is 23.4 Å². The van der Waals surface area contributed by atoms with Crippen molar-refractivity contribution in [3.05, 3.63) is 30.0 Å². The average molecular weight is 285 g/mol. The molecule has 0 radical (unpaired) electrons. The molecule has 2 rings (SSSR count). The number of nitrogens with zero attached hydrogens (tertiary/aromatic N) is 3. The van der Waals surface area contributed by atoms with E-state index in [4.69, 9.17) is 0 Å². The minimum absolute atomic E-state index is 0.0000926. The summed E-state index contributed by atoms with van der Waals surface area (Å²) in [7, 11) is -0.979. The Morgan fingerprint density at radius 1 is 1.37 bits per heavy atom. The van der Waals surface area contributed by atoms with Crippen molar-refractivity contribution in [3.63, 3.8) is 0 Å². The van der Waals surface area contributed by atoms with Gasteiger partial charge in [0.2, 0.25) is 0 Å². The maximum absolute atomic E-state index is 14.0. The first kappa shape index (κ1) is 14.0. The summed E-state index contributed by atoms with van der Waals surface area (Å²) >= 11 is 0. The van der Waals surface area contributed by atoms with Crippen molar-refractivity contribution < 1.29 is 12.8 Å². The third kappa shape index (κ3) is 2.12. The molecule has 0 fully saturated rings. The first-order valence-electron chi connectivity index (χ1n) is 5.85.